The second-order valence-electron chi connectivity index (χ2n) is 5.84. The average molecular weight is 454 g/mol. The van der Waals surface area contributed by atoms with Crippen LogP contribution in [0.15, 0.2) is 57.5 Å². The minimum absolute atomic E-state index is 0.164. The summed E-state index contributed by atoms with van der Waals surface area (Å²) in [7, 11) is 0. The quantitative estimate of drug-likeness (QED) is 0.663. The molecular weight excluding hydrogens is 436 g/mol. The summed E-state index contributed by atoms with van der Waals surface area (Å²) in [6, 6.07) is 16.2. The number of anilines is 1. The van der Waals surface area contributed by atoms with Gasteiger partial charge >= 0.3 is 6.09 Å². The van der Waals surface area contributed by atoms with Crippen molar-refractivity contribution in [1.29, 1.82) is 0 Å². The predicted molar refractivity (Wildman–Crippen MR) is 102 cm³/mol. The molecule has 1 aliphatic rings. The summed E-state index contributed by atoms with van der Waals surface area (Å²) < 4.78 is 7.30. The van der Waals surface area contributed by atoms with E-state index in [-0.39, 0.29) is 12.1 Å². The maximum absolute atomic E-state index is 11.8. The first-order valence-electron chi connectivity index (χ1n) is 7.79. The Morgan fingerprint density at radius 3 is 2.58 bits per heavy atom. The van der Waals surface area contributed by atoms with E-state index in [1.165, 1.54) is 0 Å². The number of amides is 1. The summed E-state index contributed by atoms with van der Waals surface area (Å²) >= 11 is 7.01. The minimum Gasteiger partial charge on any atom is -0.445 e. The molecule has 2 aromatic carbocycles. The molecule has 4 nitrogen and oxygen atoms in total. The van der Waals surface area contributed by atoms with Crippen LogP contribution in [0.4, 0.5) is 10.5 Å². The fraction of sp³-hybridized carbons (Fsp3) is 0.278. The molecular formula is C18H18Br2N2O2. The van der Waals surface area contributed by atoms with Gasteiger partial charge in [-0.1, -0.05) is 46.3 Å². The highest BCUT2D eigenvalue weighted by molar-refractivity contribution is 9.11. The lowest BCUT2D eigenvalue weighted by atomic mass is 9.86. The van der Waals surface area contributed by atoms with Crippen molar-refractivity contribution in [3.05, 3.63) is 63.0 Å². The van der Waals surface area contributed by atoms with E-state index in [0.717, 1.165) is 33.0 Å². The number of benzene rings is 2. The van der Waals surface area contributed by atoms with Crippen molar-refractivity contribution < 1.29 is 9.53 Å². The highest BCUT2D eigenvalue weighted by Gasteiger charge is 2.31. The van der Waals surface area contributed by atoms with E-state index >= 15 is 0 Å². The number of alkyl carbamates (subject to hydrolysis) is 1. The molecule has 0 aromatic heterocycles. The molecule has 24 heavy (non-hydrogen) atoms. The van der Waals surface area contributed by atoms with E-state index in [1.807, 2.05) is 48.5 Å². The van der Waals surface area contributed by atoms with Gasteiger partial charge in [-0.05, 0) is 52.5 Å². The third-order valence-electron chi connectivity index (χ3n) is 3.96. The van der Waals surface area contributed by atoms with Crippen LogP contribution in [-0.2, 0) is 11.3 Å². The molecule has 1 fully saturated rings. The molecule has 6 heteroatoms. The maximum Gasteiger partial charge on any atom is 0.407 e. The van der Waals surface area contributed by atoms with E-state index in [9.17, 15) is 4.79 Å². The summed E-state index contributed by atoms with van der Waals surface area (Å²) in [6.07, 6.45) is 1.42. The zero-order chi connectivity index (χ0) is 16.9. The molecule has 1 aliphatic carbocycles. The number of halogens is 2. The number of carbonyl (C=O) groups excluding carboxylic acids is 1. The zero-order valence-corrected chi connectivity index (χ0v) is 16.1. The number of hydrogen-bond donors (Lipinski definition) is 2. The van der Waals surface area contributed by atoms with Gasteiger partial charge in [-0.15, -0.1) is 0 Å². The average Bonchev–Trinajstić information content (AvgIpc) is 2.55. The van der Waals surface area contributed by atoms with Crippen LogP contribution < -0.4 is 10.6 Å². The number of nitrogens with one attached hydrogen (secondary N) is 2. The summed E-state index contributed by atoms with van der Waals surface area (Å²) in [4.78, 5) is 11.8. The van der Waals surface area contributed by atoms with Crippen molar-refractivity contribution in [3.8, 4) is 0 Å². The maximum atomic E-state index is 11.8. The van der Waals surface area contributed by atoms with Crippen LogP contribution in [0, 0.1) is 0 Å². The largest absolute Gasteiger partial charge is 0.445 e. The molecule has 0 radical (unpaired) electrons. The fourth-order valence-electron chi connectivity index (χ4n) is 2.61. The summed E-state index contributed by atoms with van der Waals surface area (Å²) in [6.45, 7) is 0.298. The molecule has 0 atom stereocenters. The highest BCUT2D eigenvalue weighted by atomic mass is 79.9. The Morgan fingerprint density at radius 2 is 1.83 bits per heavy atom. The van der Waals surface area contributed by atoms with Gasteiger partial charge in [0.25, 0.3) is 0 Å². The molecule has 0 heterocycles. The summed E-state index contributed by atoms with van der Waals surface area (Å²) in [5, 5.41) is 6.39. The van der Waals surface area contributed by atoms with Gasteiger partial charge in [-0.2, -0.15) is 0 Å². The van der Waals surface area contributed by atoms with Crippen molar-refractivity contribution in [2.24, 2.45) is 0 Å². The predicted octanol–water partition coefficient (Wildman–Crippen LogP) is 5.08. The van der Waals surface area contributed by atoms with Crippen molar-refractivity contribution in [3.63, 3.8) is 0 Å². The Labute approximate surface area is 158 Å². The highest BCUT2D eigenvalue weighted by Crippen LogP contribution is 2.31. The van der Waals surface area contributed by atoms with Crippen LogP contribution in [0.25, 0.3) is 0 Å². The first-order valence-corrected chi connectivity index (χ1v) is 9.37. The summed E-state index contributed by atoms with van der Waals surface area (Å²) in [5.74, 6) is 0. The number of carbonyl (C=O) groups is 1. The molecule has 0 saturated heterocycles. The Hall–Kier alpha value is -1.53. The Bertz CT molecular complexity index is 703. The molecule has 126 valence electrons. The van der Waals surface area contributed by atoms with Crippen molar-refractivity contribution >= 4 is 43.6 Å². The third-order valence-corrected chi connectivity index (χ3v) is 5.15. The van der Waals surface area contributed by atoms with Gasteiger partial charge < -0.3 is 15.4 Å². The number of hydrogen-bond acceptors (Lipinski definition) is 3. The Morgan fingerprint density at radius 1 is 1.08 bits per heavy atom. The van der Waals surface area contributed by atoms with E-state index in [1.54, 1.807) is 0 Å². The van der Waals surface area contributed by atoms with E-state index in [2.05, 4.69) is 42.5 Å². The fourth-order valence-corrected chi connectivity index (χ4v) is 3.34. The van der Waals surface area contributed by atoms with Crippen LogP contribution in [-0.4, -0.2) is 18.2 Å². The topological polar surface area (TPSA) is 50.4 Å². The molecule has 0 spiro atoms. The second kappa shape index (κ2) is 8.03. The third kappa shape index (κ3) is 4.74. The molecule has 2 N–H and O–H groups in total. The smallest absolute Gasteiger partial charge is 0.407 e. The molecule has 0 unspecified atom stereocenters. The van der Waals surface area contributed by atoms with Crippen LogP contribution >= 0.6 is 31.9 Å². The lowest BCUT2D eigenvalue weighted by molar-refractivity contribution is 0.129. The molecule has 0 aliphatic heterocycles. The van der Waals surface area contributed by atoms with Gasteiger partial charge in [0.05, 0.1) is 0 Å². The molecule has 2 aromatic rings. The Balaban J connectivity index is 1.39. The first-order chi connectivity index (χ1) is 11.6. The normalized spacial score (nSPS) is 19.2. The SMILES string of the molecule is O=C(NC1CC(Nc2cc(Br)ccc2Br)C1)OCc1ccccc1. The molecule has 0 bridgehead atoms. The van der Waals surface area contributed by atoms with E-state index in [0.29, 0.717) is 12.6 Å². The number of ether oxygens (including phenoxy) is 1. The van der Waals surface area contributed by atoms with Crippen molar-refractivity contribution in [2.45, 2.75) is 31.5 Å². The molecule has 1 saturated carbocycles. The van der Waals surface area contributed by atoms with E-state index in [4.69, 9.17) is 4.74 Å². The summed E-state index contributed by atoms with van der Waals surface area (Å²) in [5.41, 5.74) is 2.04. The first kappa shape index (κ1) is 17.3. The van der Waals surface area contributed by atoms with Crippen LogP contribution in [0.1, 0.15) is 18.4 Å². The van der Waals surface area contributed by atoms with Crippen molar-refractivity contribution in [2.75, 3.05) is 5.32 Å². The minimum atomic E-state index is -0.356. The zero-order valence-electron chi connectivity index (χ0n) is 13.0. The molecule has 1 amide bonds. The van der Waals surface area contributed by atoms with Gasteiger partial charge in [0.2, 0.25) is 0 Å². The van der Waals surface area contributed by atoms with Gasteiger partial charge in [-0.25, -0.2) is 4.79 Å². The second-order valence-corrected chi connectivity index (χ2v) is 7.61. The van der Waals surface area contributed by atoms with Crippen LogP contribution in [0.2, 0.25) is 0 Å². The number of rotatable bonds is 5. The van der Waals surface area contributed by atoms with Gasteiger partial charge in [-0.3, -0.25) is 0 Å². The lowest BCUT2D eigenvalue weighted by Crippen LogP contribution is -2.49. The molecule has 3 rings (SSSR count). The van der Waals surface area contributed by atoms with Crippen LogP contribution in [0.5, 0.6) is 0 Å². The van der Waals surface area contributed by atoms with E-state index < -0.39 is 0 Å². The van der Waals surface area contributed by atoms with Crippen molar-refractivity contribution in [1.82, 2.24) is 5.32 Å². The van der Waals surface area contributed by atoms with Crippen LogP contribution in [0.3, 0.4) is 0 Å². The Kier molecular flexibility index (Phi) is 5.79. The van der Waals surface area contributed by atoms with Gasteiger partial charge in [0.1, 0.15) is 6.61 Å². The van der Waals surface area contributed by atoms with Gasteiger partial charge in [0.15, 0.2) is 0 Å². The van der Waals surface area contributed by atoms with Gasteiger partial charge in [0, 0.05) is 26.7 Å². The monoisotopic (exact) mass is 452 g/mol. The lowest BCUT2D eigenvalue weighted by Gasteiger charge is -2.36. The standard InChI is InChI=1S/C18H18Br2N2O2/c19-13-6-7-16(20)17(8-13)21-14-9-15(10-14)22-18(23)24-11-12-4-2-1-3-5-12/h1-8,14-15,21H,9-11H2,(H,22,23).